The lowest BCUT2D eigenvalue weighted by atomic mass is 10.1. The summed E-state index contributed by atoms with van der Waals surface area (Å²) in [7, 11) is 3.15. The van der Waals surface area contributed by atoms with Gasteiger partial charge in [-0.15, -0.1) is 5.10 Å². The zero-order valence-corrected chi connectivity index (χ0v) is 20.8. The first kappa shape index (κ1) is 24.4. The van der Waals surface area contributed by atoms with Crippen molar-refractivity contribution in [2.24, 2.45) is 0 Å². The molecule has 0 saturated carbocycles. The van der Waals surface area contributed by atoms with E-state index < -0.39 is 5.91 Å². The first-order valence-corrected chi connectivity index (χ1v) is 12.0. The first-order valence-electron chi connectivity index (χ1n) is 12.0. The number of nitrogens with zero attached hydrogens (tertiary/aromatic N) is 7. The molecule has 1 saturated heterocycles. The van der Waals surface area contributed by atoms with E-state index in [9.17, 15) is 4.79 Å². The lowest BCUT2D eigenvalue weighted by Gasteiger charge is -2.14. The Labute approximate surface area is 213 Å². The van der Waals surface area contributed by atoms with Gasteiger partial charge in [0.2, 0.25) is 11.8 Å². The average Bonchev–Trinajstić information content (AvgIpc) is 3.59. The molecule has 12 nitrogen and oxygen atoms in total. The van der Waals surface area contributed by atoms with Gasteiger partial charge >= 0.3 is 0 Å². The van der Waals surface area contributed by atoms with Crippen molar-refractivity contribution in [3.05, 3.63) is 59.6 Å². The fraction of sp³-hybridized carbons (Fsp3) is 0.360. The number of nitrogens with two attached hydrogens (primary N) is 1. The van der Waals surface area contributed by atoms with Gasteiger partial charge in [-0.25, -0.2) is 24.6 Å². The second kappa shape index (κ2) is 10.7. The van der Waals surface area contributed by atoms with Crippen molar-refractivity contribution in [1.29, 1.82) is 0 Å². The Kier molecular flexibility index (Phi) is 7.08. The van der Waals surface area contributed by atoms with Crippen LogP contribution in [0.25, 0.3) is 10.8 Å². The molecule has 4 aromatic rings. The zero-order chi connectivity index (χ0) is 25.8. The third-order valence-corrected chi connectivity index (χ3v) is 6.29. The SMILES string of the molecule is COCc1nc(C(=O)NCc2ccc3c(N)nccc3c2OC)nn1Cc1cnc(N2CCCC2)nc1. The van der Waals surface area contributed by atoms with Gasteiger partial charge in [-0.1, -0.05) is 12.1 Å². The quantitative estimate of drug-likeness (QED) is 0.347. The molecule has 0 bridgehead atoms. The molecule has 0 atom stereocenters. The third kappa shape index (κ3) is 5.14. The summed E-state index contributed by atoms with van der Waals surface area (Å²) in [5, 5.41) is 8.92. The number of carbonyl (C=O) groups excluding carboxylic acids is 1. The number of fused-ring (bicyclic) bond motifs is 1. The highest BCUT2D eigenvalue weighted by molar-refractivity contribution is 5.96. The average molecular weight is 504 g/mol. The van der Waals surface area contributed by atoms with Gasteiger partial charge in [-0.3, -0.25) is 4.79 Å². The highest BCUT2D eigenvalue weighted by Crippen LogP contribution is 2.31. The van der Waals surface area contributed by atoms with Crippen LogP contribution in [0, 0.1) is 0 Å². The Balaban J connectivity index is 1.30. The molecule has 0 radical (unpaired) electrons. The van der Waals surface area contributed by atoms with E-state index in [2.05, 4.69) is 35.3 Å². The maximum Gasteiger partial charge on any atom is 0.291 e. The molecule has 0 aliphatic carbocycles. The van der Waals surface area contributed by atoms with Crippen LogP contribution in [0.1, 0.15) is 40.4 Å². The van der Waals surface area contributed by atoms with Crippen LogP contribution >= 0.6 is 0 Å². The van der Waals surface area contributed by atoms with Gasteiger partial charge in [0.05, 0.1) is 13.7 Å². The zero-order valence-electron chi connectivity index (χ0n) is 20.8. The number of ether oxygens (including phenoxy) is 2. The van der Waals surface area contributed by atoms with E-state index >= 15 is 0 Å². The molecule has 37 heavy (non-hydrogen) atoms. The topological polar surface area (TPSA) is 146 Å². The van der Waals surface area contributed by atoms with E-state index in [1.165, 1.54) is 0 Å². The summed E-state index contributed by atoms with van der Waals surface area (Å²) in [5.41, 5.74) is 7.63. The van der Waals surface area contributed by atoms with Gasteiger partial charge in [-0.2, -0.15) is 0 Å². The molecule has 1 amide bonds. The Morgan fingerprint density at radius 2 is 1.86 bits per heavy atom. The van der Waals surface area contributed by atoms with Crippen molar-refractivity contribution in [2.45, 2.75) is 32.5 Å². The van der Waals surface area contributed by atoms with Crippen molar-refractivity contribution < 1.29 is 14.3 Å². The van der Waals surface area contributed by atoms with Gasteiger partial charge in [0.1, 0.15) is 18.2 Å². The smallest absolute Gasteiger partial charge is 0.291 e. The van der Waals surface area contributed by atoms with Crippen molar-refractivity contribution in [2.75, 3.05) is 37.9 Å². The molecular formula is C25H29N9O3. The van der Waals surface area contributed by atoms with Gasteiger partial charge in [-0.05, 0) is 18.9 Å². The van der Waals surface area contributed by atoms with Gasteiger partial charge in [0, 0.05) is 67.2 Å². The number of hydrogen-bond donors (Lipinski definition) is 2. The molecule has 1 aliphatic rings. The molecule has 192 valence electrons. The van der Waals surface area contributed by atoms with Crippen LogP contribution in [-0.2, 0) is 24.4 Å². The fourth-order valence-corrected chi connectivity index (χ4v) is 4.45. The van der Waals surface area contributed by atoms with Crippen LogP contribution in [0.15, 0.2) is 36.8 Å². The predicted molar refractivity (Wildman–Crippen MR) is 137 cm³/mol. The molecule has 1 fully saturated rings. The fourth-order valence-electron chi connectivity index (χ4n) is 4.45. The summed E-state index contributed by atoms with van der Waals surface area (Å²) in [4.78, 5) is 32.7. The number of rotatable bonds is 9. The molecular weight excluding hydrogens is 474 g/mol. The Morgan fingerprint density at radius 3 is 2.59 bits per heavy atom. The number of benzene rings is 1. The number of methoxy groups -OCH3 is 2. The van der Waals surface area contributed by atoms with Gasteiger partial charge in [0.15, 0.2) is 5.82 Å². The van der Waals surface area contributed by atoms with Crippen LogP contribution in [0.5, 0.6) is 5.75 Å². The molecule has 5 rings (SSSR count). The van der Waals surface area contributed by atoms with Crippen LogP contribution < -0.4 is 20.7 Å². The number of amides is 1. The second-order valence-electron chi connectivity index (χ2n) is 8.76. The third-order valence-electron chi connectivity index (χ3n) is 6.29. The molecule has 3 N–H and O–H groups in total. The van der Waals surface area contributed by atoms with Crippen LogP contribution in [0.2, 0.25) is 0 Å². The molecule has 0 spiro atoms. The molecule has 3 aromatic heterocycles. The summed E-state index contributed by atoms with van der Waals surface area (Å²) in [6, 6.07) is 5.55. The van der Waals surface area contributed by atoms with E-state index in [0.29, 0.717) is 23.9 Å². The van der Waals surface area contributed by atoms with E-state index in [1.807, 2.05) is 18.2 Å². The van der Waals surface area contributed by atoms with Crippen LogP contribution in [-0.4, -0.2) is 62.9 Å². The minimum atomic E-state index is -0.409. The second-order valence-corrected chi connectivity index (χ2v) is 8.76. The minimum Gasteiger partial charge on any atom is -0.496 e. The number of nitrogen functional groups attached to an aromatic ring is 1. The largest absolute Gasteiger partial charge is 0.496 e. The lowest BCUT2D eigenvalue weighted by molar-refractivity contribution is 0.0940. The van der Waals surface area contributed by atoms with Crippen molar-refractivity contribution >= 4 is 28.4 Å². The van der Waals surface area contributed by atoms with Crippen molar-refractivity contribution in [3.8, 4) is 5.75 Å². The van der Waals surface area contributed by atoms with Gasteiger partial charge < -0.3 is 25.4 Å². The molecule has 0 unspecified atom stereocenters. The lowest BCUT2D eigenvalue weighted by Crippen LogP contribution is -2.24. The molecule has 12 heteroatoms. The summed E-state index contributed by atoms with van der Waals surface area (Å²) < 4.78 is 12.5. The van der Waals surface area contributed by atoms with Gasteiger partial charge in [0.25, 0.3) is 5.91 Å². The number of hydrogen-bond acceptors (Lipinski definition) is 10. The number of pyridine rings is 1. The summed E-state index contributed by atoms with van der Waals surface area (Å²) >= 11 is 0. The van der Waals surface area contributed by atoms with Crippen molar-refractivity contribution in [3.63, 3.8) is 0 Å². The highest BCUT2D eigenvalue weighted by Gasteiger charge is 2.19. The maximum absolute atomic E-state index is 13.0. The Hall–Kier alpha value is -4.32. The number of anilines is 2. The van der Waals surface area contributed by atoms with E-state index in [1.54, 1.807) is 37.5 Å². The number of aromatic nitrogens is 6. The molecule has 1 aromatic carbocycles. The Bertz CT molecular complexity index is 1400. The summed E-state index contributed by atoms with van der Waals surface area (Å²) in [6.07, 6.45) is 7.52. The molecule has 4 heterocycles. The van der Waals surface area contributed by atoms with E-state index in [-0.39, 0.29) is 19.0 Å². The van der Waals surface area contributed by atoms with Crippen molar-refractivity contribution in [1.82, 2.24) is 35.0 Å². The molecule has 1 aliphatic heterocycles. The predicted octanol–water partition coefficient (Wildman–Crippen LogP) is 1.93. The highest BCUT2D eigenvalue weighted by atomic mass is 16.5. The summed E-state index contributed by atoms with van der Waals surface area (Å²) in [5.74, 6) is 1.95. The number of carbonyl (C=O) groups is 1. The number of nitrogens with one attached hydrogen (secondary N) is 1. The maximum atomic E-state index is 13.0. The van der Waals surface area contributed by atoms with E-state index in [4.69, 9.17) is 15.2 Å². The monoisotopic (exact) mass is 503 g/mol. The first-order chi connectivity index (χ1) is 18.1. The summed E-state index contributed by atoms with van der Waals surface area (Å²) in [6.45, 7) is 2.76. The standard InChI is InChI=1S/C25H29N9O3/c1-36-15-20-31-23(32-34(20)14-16-11-29-25(30-12-16)33-9-3-4-10-33)24(35)28-13-17-5-6-19-18(21(17)37-2)7-8-27-22(19)26/h5-8,11-12H,3-4,9-10,13-15H2,1-2H3,(H2,26,27)(H,28,35). The van der Waals surface area contributed by atoms with Crippen LogP contribution in [0.3, 0.4) is 0 Å². The Morgan fingerprint density at radius 1 is 1.08 bits per heavy atom. The minimum absolute atomic E-state index is 0.0508. The van der Waals surface area contributed by atoms with Crippen LogP contribution in [0.4, 0.5) is 11.8 Å². The van der Waals surface area contributed by atoms with E-state index in [0.717, 1.165) is 53.8 Å². The normalized spacial score (nSPS) is 13.3.